The maximum atomic E-state index is 12.7. The number of carbonyl (C=O) groups excluding carboxylic acids is 1. The average Bonchev–Trinajstić information content (AvgIpc) is 3.24. The van der Waals surface area contributed by atoms with Gasteiger partial charge in [-0.25, -0.2) is 4.98 Å². The van der Waals surface area contributed by atoms with Gasteiger partial charge in [-0.05, 0) is 37.6 Å². The smallest absolute Gasteiger partial charge is 0.308 e. The van der Waals surface area contributed by atoms with Crippen molar-refractivity contribution in [2.24, 2.45) is 4.99 Å². The zero-order valence-corrected chi connectivity index (χ0v) is 16.3. The van der Waals surface area contributed by atoms with Gasteiger partial charge in [0.25, 0.3) is 0 Å². The van der Waals surface area contributed by atoms with Crippen molar-refractivity contribution in [3.05, 3.63) is 51.8 Å². The van der Waals surface area contributed by atoms with Crippen molar-refractivity contribution >= 4 is 49.0 Å². The standard InChI is InChI=1S/C19H17N3O2S2/c1-4-22-15-13(24-3)10-9-11(2)16(15)26-19(22)21-17(23)18-20-12-7-5-6-8-14(12)25-18/h5-10H,4H2,1-3H3. The molecule has 0 N–H and O–H groups in total. The van der Waals surface area contributed by atoms with Gasteiger partial charge in [0, 0.05) is 6.54 Å². The van der Waals surface area contributed by atoms with Gasteiger partial charge >= 0.3 is 5.91 Å². The number of carbonyl (C=O) groups is 1. The lowest BCUT2D eigenvalue weighted by Crippen LogP contribution is -2.16. The molecule has 7 heteroatoms. The largest absolute Gasteiger partial charge is 0.495 e. The summed E-state index contributed by atoms with van der Waals surface area (Å²) in [6.45, 7) is 4.79. The SMILES string of the molecule is CCn1c(=NC(=O)c2nc3ccccc3s2)sc2c(C)ccc(OC)c21. The Balaban J connectivity index is 1.90. The van der Waals surface area contributed by atoms with E-state index in [0.29, 0.717) is 16.4 Å². The number of benzene rings is 2. The lowest BCUT2D eigenvalue weighted by Gasteiger charge is -2.07. The Morgan fingerprint density at radius 1 is 1.23 bits per heavy atom. The highest BCUT2D eigenvalue weighted by Gasteiger charge is 2.15. The van der Waals surface area contributed by atoms with Gasteiger partial charge in [-0.2, -0.15) is 4.99 Å². The van der Waals surface area contributed by atoms with Crippen molar-refractivity contribution in [3.63, 3.8) is 0 Å². The molecule has 0 radical (unpaired) electrons. The summed E-state index contributed by atoms with van der Waals surface area (Å²) in [5.41, 5.74) is 2.95. The highest BCUT2D eigenvalue weighted by molar-refractivity contribution is 7.20. The lowest BCUT2D eigenvalue weighted by atomic mass is 10.2. The Labute approximate surface area is 158 Å². The van der Waals surface area contributed by atoms with Crippen molar-refractivity contribution in [2.45, 2.75) is 20.4 Å². The van der Waals surface area contributed by atoms with Gasteiger partial charge in [-0.1, -0.05) is 29.5 Å². The summed E-state index contributed by atoms with van der Waals surface area (Å²) in [6, 6.07) is 11.7. The van der Waals surface area contributed by atoms with Gasteiger partial charge in [0.2, 0.25) is 0 Å². The van der Waals surface area contributed by atoms with Gasteiger partial charge in [0.1, 0.15) is 11.3 Å². The van der Waals surface area contributed by atoms with Crippen LogP contribution in [-0.2, 0) is 6.54 Å². The number of aromatic nitrogens is 2. The normalized spacial score (nSPS) is 12.2. The number of aryl methyl sites for hydroxylation is 2. The summed E-state index contributed by atoms with van der Waals surface area (Å²) in [5.74, 6) is 0.481. The van der Waals surface area contributed by atoms with Crippen LogP contribution >= 0.6 is 22.7 Å². The van der Waals surface area contributed by atoms with E-state index in [1.807, 2.05) is 47.9 Å². The van der Waals surface area contributed by atoms with E-state index >= 15 is 0 Å². The number of hydrogen-bond donors (Lipinski definition) is 0. The first-order valence-electron chi connectivity index (χ1n) is 8.24. The van der Waals surface area contributed by atoms with Gasteiger partial charge in [0.15, 0.2) is 9.81 Å². The first-order chi connectivity index (χ1) is 12.6. The number of hydrogen-bond acceptors (Lipinski definition) is 5. The van der Waals surface area contributed by atoms with E-state index < -0.39 is 0 Å². The number of methoxy groups -OCH3 is 1. The Hall–Kier alpha value is -2.51. The van der Waals surface area contributed by atoms with Crippen LogP contribution in [0, 0.1) is 6.92 Å². The molecule has 26 heavy (non-hydrogen) atoms. The molecule has 1 amide bonds. The first kappa shape index (κ1) is 16.9. The minimum atomic E-state index is -0.309. The van der Waals surface area contributed by atoms with Crippen LogP contribution < -0.4 is 9.54 Å². The van der Waals surface area contributed by atoms with E-state index in [4.69, 9.17) is 4.74 Å². The second-order valence-corrected chi connectivity index (χ2v) is 7.80. The maximum absolute atomic E-state index is 12.7. The fourth-order valence-electron chi connectivity index (χ4n) is 2.92. The second-order valence-electron chi connectivity index (χ2n) is 5.80. The minimum Gasteiger partial charge on any atom is -0.495 e. The highest BCUT2D eigenvalue weighted by atomic mass is 32.1. The zero-order valence-electron chi connectivity index (χ0n) is 14.6. The number of fused-ring (bicyclic) bond motifs is 2. The van der Waals surface area contributed by atoms with E-state index in [2.05, 4.69) is 16.9 Å². The van der Waals surface area contributed by atoms with Crippen LogP contribution in [0.2, 0.25) is 0 Å². The van der Waals surface area contributed by atoms with Crippen LogP contribution in [-0.4, -0.2) is 22.6 Å². The lowest BCUT2D eigenvalue weighted by molar-refractivity contribution is 0.0997. The number of thiazole rings is 2. The van der Waals surface area contributed by atoms with Gasteiger partial charge < -0.3 is 9.30 Å². The Bertz CT molecular complexity index is 1170. The summed E-state index contributed by atoms with van der Waals surface area (Å²) in [6.07, 6.45) is 0. The number of rotatable bonds is 3. The highest BCUT2D eigenvalue weighted by Crippen LogP contribution is 2.30. The monoisotopic (exact) mass is 383 g/mol. The molecule has 5 nitrogen and oxygen atoms in total. The molecule has 0 aliphatic heterocycles. The van der Waals surface area contributed by atoms with Crippen LogP contribution in [0.15, 0.2) is 41.4 Å². The predicted octanol–water partition coefficient (Wildman–Crippen LogP) is 4.39. The van der Waals surface area contributed by atoms with Crippen LogP contribution in [0.5, 0.6) is 5.75 Å². The van der Waals surface area contributed by atoms with Gasteiger partial charge in [0.05, 0.1) is 22.0 Å². The van der Waals surface area contributed by atoms with Crippen molar-refractivity contribution in [1.29, 1.82) is 0 Å². The number of ether oxygens (including phenoxy) is 1. The molecule has 0 bridgehead atoms. The molecule has 4 aromatic rings. The maximum Gasteiger partial charge on any atom is 0.308 e. The average molecular weight is 383 g/mol. The van der Waals surface area contributed by atoms with Crippen molar-refractivity contribution in [2.75, 3.05) is 7.11 Å². The molecule has 2 aromatic carbocycles. The number of para-hydroxylation sites is 1. The fraction of sp³-hybridized carbons (Fsp3) is 0.211. The van der Waals surface area contributed by atoms with Crippen LogP contribution in [0.1, 0.15) is 22.3 Å². The van der Waals surface area contributed by atoms with E-state index in [1.165, 1.54) is 22.7 Å². The van der Waals surface area contributed by atoms with E-state index in [9.17, 15) is 4.79 Å². The summed E-state index contributed by atoms with van der Waals surface area (Å²) < 4.78 is 9.62. The molecule has 2 heterocycles. The number of nitrogens with zero attached hydrogens (tertiary/aromatic N) is 3. The molecule has 0 aliphatic rings. The molecule has 0 unspecified atom stereocenters. The van der Waals surface area contributed by atoms with Crippen molar-refractivity contribution in [1.82, 2.24) is 9.55 Å². The van der Waals surface area contributed by atoms with Gasteiger partial charge in [-0.15, -0.1) is 11.3 Å². The Morgan fingerprint density at radius 3 is 2.77 bits per heavy atom. The first-order valence-corrected chi connectivity index (χ1v) is 9.87. The Kier molecular flexibility index (Phi) is 4.34. The third-order valence-electron chi connectivity index (χ3n) is 4.20. The molecular formula is C19H17N3O2S2. The third kappa shape index (κ3) is 2.73. The minimum absolute atomic E-state index is 0.309. The zero-order chi connectivity index (χ0) is 18.3. The van der Waals surface area contributed by atoms with E-state index in [0.717, 1.165) is 31.7 Å². The third-order valence-corrected chi connectivity index (χ3v) is 6.43. The molecule has 4 rings (SSSR count). The van der Waals surface area contributed by atoms with Crippen molar-refractivity contribution < 1.29 is 9.53 Å². The quantitative estimate of drug-likeness (QED) is 0.527. The van der Waals surface area contributed by atoms with Crippen molar-refractivity contribution in [3.8, 4) is 5.75 Å². The summed E-state index contributed by atoms with van der Waals surface area (Å²) in [4.78, 5) is 22.2. The molecule has 0 aliphatic carbocycles. The molecule has 0 saturated carbocycles. The van der Waals surface area contributed by atoms with Gasteiger partial charge in [-0.3, -0.25) is 4.79 Å². The molecule has 132 valence electrons. The fourth-order valence-corrected chi connectivity index (χ4v) is 4.95. The molecule has 0 atom stereocenters. The number of amides is 1. The van der Waals surface area contributed by atoms with E-state index in [-0.39, 0.29) is 5.91 Å². The molecule has 0 spiro atoms. The molecule has 0 fully saturated rings. The summed E-state index contributed by atoms with van der Waals surface area (Å²) >= 11 is 2.88. The second kappa shape index (κ2) is 6.66. The Morgan fingerprint density at radius 2 is 2.04 bits per heavy atom. The molecular weight excluding hydrogens is 366 g/mol. The van der Waals surface area contributed by atoms with E-state index in [1.54, 1.807) is 7.11 Å². The van der Waals surface area contributed by atoms with Crippen LogP contribution in [0.4, 0.5) is 0 Å². The topological polar surface area (TPSA) is 56.5 Å². The predicted molar refractivity (Wildman–Crippen MR) is 106 cm³/mol. The van der Waals surface area contributed by atoms with Crippen LogP contribution in [0.3, 0.4) is 0 Å². The summed E-state index contributed by atoms with van der Waals surface area (Å²) in [7, 11) is 1.66. The molecule has 0 saturated heterocycles. The summed E-state index contributed by atoms with van der Waals surface area (Å²) in [5, 5.41) is 0.412. The molecule has 2 aromatic heterocycles. The van der Waals surface area contributed by atoms with Crippen LogP contribution in [0.25, 0.3) is 20.4 Å².